The number of carboxylic acid groups (broad SMARTS) is 1. The van der Waals surface area contributed by atoms with Gasteiger partial charge in [0.1, 0.15) is 0 Å². The summed E-state index contributed by atoms with van der Waals surface area (Å²) in [4.78, 5) is 10.6. The van der Waals surface area contributed by atoms with Crippen molar-refractivity contribution in [2.75, 3.05) is 11.9 Å². The summed E-state index contributed by atoms with van der Waals surface area (Å²) in [5.74, 6) is -0.514. The fourth-order valence-corrected chi connectivity index (χ4v) is 1.22. The van der Waals surface area contributed by atoms with Crippen LogP contribution in [0.1, 0.15) is 16.9 Å². The maximum Gasteiger partial charge on any atom is 0.360 e. The fraction of sp³-hybridized carbons (Fsp3) is 0.500. The molecule has 1 aliphatic heterocycles. The van der Waals surface area contributed by atoms with E-state index >= 15 is 0 Å². The number of rotatable bonds is 1. The van der Waals surface area contributed by atoms with E-state index in [9.17, 15) is 4.79 Å². The molecule has 2 N–H and O–H groups in total. The zero-order chi connectivity index (χ0) is 8.55. The first-order chi connectivity index (χ1) is 5.79. The summed E-state index contributed by atoms with van der Waals surface area (Å²) in [6, 6.07) is 0. The standard InChI is InChI=1S/C6H8N4O2/c11-6(12)4-5-7-2-1-3-10(5)9-8-4/h7H,1-3H2,(H,11,12). The fourth-order valence-electron chi connectivity index (χ4n) is 1.22. The Morgan fingerprint density at radius 1 is 1.67 bits per heavy atom. The van der Waals surface area contributed by atoms with Crippen molar-refractivity contribution in [1.29, 1.82) is 0 Å². The van der Waals surface area contributed by atoms with Gasteiger partial charge in [-0.1, -0.05) is 5.21 Å². The number of fused-ring (bicyclic) bond motifs is 1. The number of anilines is 1. The van der Waals surface area contributed by atoms with Crippen molar-refractivity contribution < 1.29 is 9.90 Å². The molecule has 2 rings (SSSR count). The van der Waals surface area contributed by atoms with Gasteiger partial charge in [-0.25, -0.2) is 9.48 Å². The van der Waals surface area contributed by atoms with E-state index < -0.39 is 5.97 Å². The molecule has 2 heterocycles. The Hall–Kier alpha value is -1.59. The third-order valence-electron chi connectivity index (χ3n) is 1.78. The Morgan fingerprint density at radius 2 is 2.50 bits per heavy atom. The Labute approximate surface area is 68.2 Å². The van der Waals surface area contributed by atoms with Crippen LogP contribution in [0.2, 0.25) is 0 Å². The molecule has 0 atom stereocenters. The number of aryl methyl sites for hydroxylation is 1. The van der Waals surface area contributed by atoms with Crippen LogP contribution in [0.3, 0.4) is 0 Å². The van der Waals surface area contributed by atoms with E-state index in [1.165, 1.54) is 0 Å². The molecule has 1 aromatic rings. The highest BCUT2D eigenvalue weighted by atomic mass is 16.4. The van der Waals surface area contributed by atoms with E-state index in [0.717, 1.165) is 19.5 Å². The molecule has 0 amide bonds. The third-order valence-corrected chi connectivity index (χ3v) is 1.78. The minimum Gasteiger partial charge on any atom is -0.476 e. The van der Waals surface area contributed by atoms with E-state index in [0.29, 0.717) is 5.82 Å². The minimum absolute atomic E-state index is 0.00898. The Bertz CT molecular complexity index is 319. The molecule has 0 spiro atoms. The summed E-state index contributed by atoms with van der Waals surface area (Å²) in [5.41, 5.74) is 0.00898. The van der Waals surface area contributed by atoms with Gasteiger partial charge in [0.2, 0.25) is 5.69 Å². The van der Waals surface area contributed by atoms with E-state index in [4.69, 9.17) is 5.11 Å². The van der Waals surface area contributed by atoms with Gasteiger partial charge in [0, 0.05) is 13.1 Å². The van der Waals surface area contributed by atoms with E-state index in [1.54, 1.807) is 4.68 Å². The predicted molar refractivity (Wildman–Crippen MR) is 40.1 cm³/mol. The molecule has 0 saturated carbocycles. The topological polar surface area (TPSA) is 80.0 Å². The van der Waals surface area contributed by atoms with Gasteiger partial charge in [-0.05, 0) is 6.42 Å². The van der Waals surface area contributed by atoms with Gasteiger partial charge in [0.15, 0.2) is 5.82 Å². The van der Waals surface area contributed by atoms with Crippen LogP contribution >= 0.6 is 0 Å². The number of hydrogen-bond acceptors (Lipinski definition) is 4. The van der Waals surface area contributed by atoms with Gasteiger partial charge in [0.05, 0.1) is 0 Å². The van der Waals surface area contributed by atoms with Crippen molar-refractivity contribution in [2.24, 2.45) is 0 Å². The number of carbonyl (C=O) groups is 1. The lowest BCUT2D eigenvalue weighted by atomic mass is 10.3. The van der Waals surface area contributed by atoms with E-state index in [1.807, 2.05) is 0 Å². The average Bonchev–Trinajstić information content (AvgIpc) is 2.47. The van der Waals surface area contributed by atoms with Gasteiger partial charge < -0.3 is 10.4 Å². The maximum absolute atomic E-state index is 10.6. The summed E-state index contributed by atoms with van der Waals surface area (Å²) in [5, 5.41) is 18.9. The van der Waals surface area contributed by atoms with Crippen LogP contribution in [-0.2, 0) is 6.54 Å². The van der Waals surface area contributed by atoms with Gasteiger partial charge in [-0.2, -0.15) is 0 Å². The molecule has 0 saturated heterocycles. The number of aromatic nitrogens is 3. The quantitative estimate of drug-likeness (QED) is 0.606. The van der Waals surface area contributed by atoms with Crippen LogP contribution in [0.4, 0.5) is 5.82 Å². The molecule has 0 bridgehead atoms. The normalized spacial score (nSPS) is 15.0. The van der Waals surface area contributed by atoms with Gasteiger partial charge in [0.25, 0.3) is 0 Å². The molecule has 0 aliphatic carbocycles. The van der Waals surface area contributed by atoms with Gasteiger partial charge in [-0.15, -0.1) is 5.10 Å². The highest BCUT2D eigenvalue weighted by molar-refractivity contribution is 5.90. The van der Waals surface area contributed by atoms with Crippen molar-refractivity contribution in [3.63, 3.8) is 0 Å². The molecule has 0 unspecified atom stereocenters. The summed E-state index contributed by atoms with van der Waals surface area (Å²) in [7, 11) is 0. The van der Waals surface area contributed by atoms with Crippen LogP contribution in [0, 0.1) is 0 Å². The lowest BCUT2D eigenvalue weighted by Gasteiger charge is -2.14. The average molecular weight is 168 g/mol. The summed E-state index contributed by atoms with van der Waals surface area (Å²) in [6.45, 7) is 1.52. The van der Waals surface area contributed by atoms with Crippen LogP contribution in [-0.4, -0.2) is 32.6 Å². The van der Waals surface area contributed by atoms with Gasteiger partial charge in [-0.3, -0.25) is 0 Å². The molecule has 6 nitrogen and oxygen atoms in total. The predicted octanol–water partition coefficient (Wildman–Crippen LogP) is -0.208. The number of carboxylic acids is 1. The number of aromatic carboxylic acids is 1. The second kappa shape index (κ2) is 2.47. The number of hydrogen-bond donors (Lipinski definition) is 2. The highest BCUT2D eigenvalue weighted by Crippen LogP contribution is 2.15. The van der Waals surface area contributed by atoms with Crippen molar-refractivity contribution in [1.82, 2.24) is 15.0 Å². The molecule has 0 fully saturated rings. The first-order valence-corrected chi connectivity index (χ1v) is 3.69. The second-order valence-corrected chi connectivity index (χ2v) is 2.60. The molecule has 0 radical (unpaired) electrons. The SMILES string of the molecule is O=C(O)c1nnn2c1NCCC2. The zero-order valence-corrected chi connectivity index (χ0v) is 6.32. The largest absolute Gasteiger partial charge is 0.476 e. The van der Waals surface area contributed by atoms with Crippen molar-refractivity contribution in [3.05, 3.63) is 5.69 Å². The van der Waals surface area contributed by atoms with Crippen LogP contribution in [0.15, 0.2) is 0 Å². The molecule has 6 heteroatoms. The smallest absolute Gasteiger partial charge is 0.360 e. The zero-order valence-electron chi connectivity index (χ0n) is 6.32. The molecule has 64 valence electrons. The van der Waals surface area contributed by atoms with E-state index in [-0.39, 0.29) is 5.69 Å². The third kappa shape index (κ3) is 0.919. The molecular weight excluding hydrogens is 160 g/mol. The Morgan fingerprint density at radius 3 is 3.25 bits per heavy atom. The summed E-state index contributed by atoms with van der Waals surface area (Å²) < 4.78 is 1.58. The van der Waals surface area contributed by atoms with Crippen LogP contribution < -0.4 is 5.32 Å². The number of nitrogens with zero attached hydrogens (tertiary/aromatic N) is 3. The highest BCUT2D eigenvalue weighted by Gasteiger charge is 2.20. The maximum atomic E-state index is 10.6. The van der Waals surface area contributed by atoms with Gasteiger partial charge >= 0.3 is 5.97 Å². The second-order valence-electron chi connectivity index (χ2n) is 2.60. The van der Waals surface area contributed by atoms with Crippen molar-refractivity contribution >= 4 is 11.8 Å². The molecule has 1 aliphatic rings. The molecular formula is C6H8N4O2. The van der Waals surface area contributed by atoms with Crippen molar-refractivity contribution in [2.45, 2.75) is 13.0 Å². The van der Waals surface area contributed by atoms with Crippen LogP contribution in [0.5, 0.6) is 0 Å². The van der Waals surface area contributed by atoms with Crippen LogP contribution in [0.25, 0.3) is 0 Å². The minimum atomic E-state index is -1.04. The van der Waals surface area contributed by atoms with Crippen molar-refractivity contribution in [3.8, 4) is 0 Å². The first-order valence-electron chi connectivity index (χ1n) is 3.69. The van der Waals surface area contributed by atoms with E-state index in [2.05, 4.69) is 15.6 Å². The first kappa shape index (κ1) is 7.08. The summed E-state index contributed by atoms with van der Waals surface area (Å²) in [6.07, 6.45) is 0.954. The summed E-state index contributed by atoms with van der Waals surface area (Å²) >= 11 is 0. The lowest BCUT2D eigenvalue weighted by molar-refractivity contribution is 0.0691. The molecule has 12 heavy (non-hydrogen) atoms. The monoisotopic (exact) mass is 168 g/mol. The Balaban J connectivity index is 2.44. The lowest BCUT2D eigenvalue weighted by Crippen LogP contribution is -2.19. The number of nitrogens with one attached hydrogen (secondary N) is 1. The Kier molecular flexibility index (Phi) is 1.46. The molecule has 0 aromatic carbocycles. The molecule has 1 aromatic heterocycles.